The van der Waals surface area contributed by atoms with Crippen LogP contribution in [0.1, 0.15) is 17.5 Å². The maximum atomic E-state index is 4.22. The highest BCUT2D eigenvalue weighted by Gasteiger charge is 1.97. The predicted molar refractivity (Wildman–Crippen MR) is 87.3 cm³/mol. The zero-order chi connectivity index (χ0) is 13.3. The van der Waals surface area contributed by atoms with Crippen molar-refractivity contribution in [3.05, 3.63) is 65.7 Å². The SMILES string of the molecule is SCCCNc1cccc(CCc2ccccc2)c1. The van der Waals surface area contributed by atoms with Crippen molar-refractivity contribution in [2.45, 2.75) is 19.3 Å². The Balaban J connectivity index is 1.88. The Bertz CT molecular complexity index is 482. The van der Waals surface area contributed by atoms with E-state index >= 15 is 0 Å². The molecule has 0 heterocycles. The number of aryl methyl sites for hydroxylation is 2. The van der Waals surface area contributed by atoms with Crippen LogP contribution in [0.2, 0.25) is 0 Å². The van der Waals surface area contributed by atoms with Gasteiger partial charge in [0.25, 0.3) is 0 Å². The summed E-state index contributed by atoms with van der Waals surface area (Å²) >= 11 is 4.22. The van der Waals surface area contributed by atoms with Crippen molar-refractivity contribution >= 4 is 18.3 Å². The first kappa shape index (κ1) is 14.0. The molecule has 0 atom stereocenters. The molecule has 2 rings (SSSR count). The molecule has 2 aromatic carbocycles. The number of hydrogen-bond acceptors (Lipinski definition) is 2. The van der Waals surface area contributed by atoms with E-state index in [9.17, 15) is 0 Å². The van der Waals surface area contributed by atoms with Crippen molar-refractivity contribution in [1.29, 1.82) is 0 Å². The van der Waals surface area contributed by atoms with Gasteiger partial charge in [-0.15, -0.1) is 0 Å². The van der Waals surface area contributed by atoms with E-state index in [1.807, 2.05) is 0 Å². The molecule has 0 bridgehead atoms. The molecule has 2 aromatic rings. The Morgan fingerprint density at radius 1 is 0.842 bits per heavy atom. The number of nitrogens with one attached hydrogen (secondary N) is 1. The van der Waals surface area contributed by atoms with Gasteiger partial charge in [-0.05, 0) is 48.3 Å². The van der Waals surface area contributed by atoms with Crippen molar-refractivity contribution in [2.75, 3.05) is 17.6 Å². The lowest BCUT2D eigenvalue weighted by Gasteiger charge is -2.08. The van der Waals surface area contributed by atoms with Gasteiger partial charge in [0.2, 0.25) is 0 Å². The smallest absolute Gasteiger partial charge is 0.0342 e. The molecule has 0 aliphatic rings. The summed E-state index contributed by atoms with van der Waals surface area (Å²) in [7, 11) is 0. The molecule has 100 valence electrons. The van der Waals surface area contributed by atoms with Crippen LogP contribution in [0, 0.1) is 0 Å². The van der Waals surface area contributed by atoms with Crippen molar-refractivity contribution in [3.63, 3.8) is 0 Å². The minimum absolute atomic E-state index is 0.931. The second-order valence-corrected chi connectivity index (χ2v) is 5.14. The van der Waals surface area contributed by atoms with Crippen LogP contribution in [0.4, 0.5) is 5.69 Å². The highest BCUT2D eigenvalue weighted by Crippen LogP contribution is 2.13. The van der Waals surface area contributed by atoms with Gasteiger partial charge in [-0.2, -0.15) is 12.6 Å². The number of benzene rings is 2. The van der Waals surface area contributed by atoms with Gasteiger partial charge >= 0.3 is 0 Å². The molecule has 2 heteroatoms. The van der Waals surface area contributed by atoms with E-state index < -0.39 is 0 Å². The minimum Gasteiger partial charge on any atom is -0.385 e. The maximum Gasteiger partial charge on any atom is 0.0342 e. The van der Waals surface area contributed by atoms with Crippen molar-refractivity contribution < 1.29 is 0 Å². The third-order valence-corrected chi connectivity index (χ3v) is 3.45. The third kappa shape index (κ3) is 4.99. The average molecular weight is 271 g/mol. The monoisotopic (exact) mass is 271 g/mol. The summed E-state index contributed by atoms with van der Waals surface area (Å²) in [5.74, 6) is 0.931. The molecule has 0 aliphatic carbocycles. The second kappa shape index (κ2) is 7.90. The fourth-order valence-corrected chi connectivity index (χ4v) is 2.24. The molecule has 0 aliphatic heterocycles. The molecule has 0 amide bonds. The molecule has 19 heavy (non-hydrogen) atoms. The zero-order valence-corrected chi connectivity index (χ0v) is 12.1. The van der Waals surface area contributed by atoms with E-state index in [-0.39, 0.29) is 0 Å². The van der Waals surface area contributed by atoms with E-state index in [2.05, 4.69) is 72.5 Å². The molecule has 0 radical (unpaired) electrons. The molecule has 0 saturated heterocycles. The summed E-state index contributed by atoms with van der Waals surface area (Å²) < 4.78 is 0. The predicted octanol–water partition coefficient (Wildman–Crippen LogP) is 4.20. The van der Waals surface area contributed by atoms with Crippen molar-refractivity contribution in [1.82, 2.24) is 0 Å². The molecular formula is C17H21NS. The van der Waals surface area contributed by atoms with Gasteiger partial charge in [0.15, 0.2) is 0 Å². The van der Waals surface area contributed by atoms with Crippen LogP contribution in [0.3, 0.4) is 0 Å². The van der Waals surface area contributed by atoms with Crippen LogP contribution in [0.5, 0.6) is 0 Å². The average Bonchev–Trinajstić information content (AvgIpc) is 2.47. The Hall–Kier alpha value is -1.41. The fourth-order valence-electron chi connectivity index (χ4n) is 2.08. The van der Waals surface area contributed by atoms with Crippen LogP contribution in [0.15, 0.2) is 54.6 Å². The van der Waals surface area contributed by atoms with Crippen LogP contribution >= 0.6 is 12.6 Å². The van der Waals surface area contributed by atoms with Crippen LogP contribution in [0.25, 0.3) is 0 Å². The lowest BCUT2D eigenvalue weighted by Crippen LogP contribution is -2.02. The second-order valence-electron chi connectivity index (χ2n) is 4.69. The van der Waals surface area contributed by atoms with E-state index in [0.29, 0.717) is 0 Å². The summed E-state index contributed by atoms with van der Waals surface area (Å²) in [6, 6.07) is 19.4. The van der Waals surface area contributed by atoms with Gasteiger partial charge in [0, 0.05) is 12.2 Å². The number of rotatable bonds is 7. The van der Waals surface area contributed by atoms with E-state index in [0.717, 1.165) is 31.6 Å². The molecule has 0 unspecified atom stereocenters. The Morgan fingerprint density at radius 2 is 1.58 bits per heavy atom. The van der Waals surface area contributed by atoms with Gasteiger partial charge in [0.1, 0.15) is 0 Å². The van der Waals surface area contributed by atoms with E-state index in [1.54, 1.807) is 0 Å². The maximum absolute atomic E-state index is 4.22. The first-order valence-electron chi connectivity index (χ1n) is 6.86. The topological polar surface area (TPSA) is 12.0 Å². The Kier molecular flexibility index (Phi) is 5.83. The molecule has 0 aromatic heterocycles. The summed E-state index contributed by atoms with van der Waals surface area (Å²) in [5.41, 5.74) is 4.00. The van der Waals surface area contributed by atoms with Gasteiger partial charge in [-0.3, -0.25) is 0 Å². The first-order valence-corrected chi connectivity index (χ1v) is 7.49. The summed E-state index contributed by atoms with van der Waals surface area (Å²) in [5, 5.41) is 3.44. The molecule has 0 spiro atoms. The first-order chi connectivity index (χ1) is 9.38. The van der Waals surface area contributed by atoms with E-state index in [4.69, 9.17) is 0 Å². The molecule has 1 nitrogen and oxygen atoms in total. The van der Waals surface area contributed by atoms with Crippen molar-refractivity contribution in [2.24, 2.45) is 0 Å². The largest absolute Gasteiger partial charge is 0.385 e. The fraction of sp³-hybridized carbons (Fsp3) is 0.294. The Morgan fingerprint density at radius 3 is 2.37 bits per heavy atom. The normalized spacial score (nSPS) is 10.4. The number of hydrogen-bond donors (Lipinski definition) is 2. The molecular weight excluding hydrogens is 250 g/mol. The summed E-state index contributed by atoms with van der Waals surface area (Å²) in [4.78, 5) is 0. The summed E-state index contributed by atoms with van der Waals surface area (Å²) in [6.45, 7) is 0.992. The highest BCUT2D eigenvalue weighted by atomic mass is 32.1. The van der Waals surface area contributed by atoms with Gasteiger partial charge in [-0.25, -0.2) is 0 Å². The molecule has 0 fully saturated rings. The van der Waals surface area contributed by atoms with E-state index in [1.165, 1.54) is 16.8 Å². The lowest BCUT2D eigenvalue weighted by atomic mass is 10.0. The standard InChI is InChI=1S/C17H21NS/c19-13-5-12-18-17-9-4-8-16(14-17)11-10-15-6-2-1-3-7-15/h1-4,6-9,14,18-19H,5,10-13H2. The Labute approximate surface area is 121 Å². The van der Waals surface area contributed by atoms with Crippen molar-refractivity contribution in [3.8, 4) is 0 Å². The van der Waals surface area contributed by atoms with Gasteiger partial charge in [-0.1, -0.05) is 42.5 Å². The lowest BCUT2D eigenvalue weighted by molar-refractivity contribution is 0.956. The van der Waals surface area contributed by atoms with Crippen LogP contribution in [-0.4, -0.2) is 12.3 Å². The minimum atomic E-state index is 0.931. The highest BCUT2D eigenvalue weighted by molar-refractivity contribution is 7.80. The number of thiol groups is 1. The number of anilines is 1. The van der Waals surface area contributed by atoms with Gasteiger partial charge < -0.3 is 5.32 Å². The van der Waals surface area contributed by atoms with Gasteiger partial charge in [0.05, 0.1) is 0 Å². The van der Waals surface area contributed by atoms with Crippen LogP contribution in [-0.2, 0) is 12.8 Å². The summed E-state index contributed by atoms with van der Waals surface area (Å²) in [6.07, 6.45) is 3.28. The molecule has 1 N–H and O–H groups in total. The zero-order valence-electron chi connectivity index (χ0n) is 11.2. The quantitative estimate of drug-likeness (QED) is 0.568. The third-order valence-electron chi connectivity index (χ3n) is 3.14. The van der Waals surface area contributed by atoms with Crippen LogP contribution < -0.4 is 5.32 Å². The molecule has 0 saturated carbocycles.